The molecule has 3 aromatic rings. The van der Waals surface area contributed by atoms with Crippen molar-refractivity contribution in [3.8, 4) is 22.4 Å². The largest absolute Gasteiger partial charge is 0.282 e. The molecule has 0 saturated heterocycles. The lowest BCUT2D eigenvalue weighted by atomic mass is 9.98. The number of aromatic amines is 1. The Morgan fingerprint density at radius 2 is 1.75 bits per heavy atom. The van der Waals surface area contributed by atoms with Crippen LogP contribution in [0.2, 0.25) is 5.02 Å². The van der Waals surface area contributed by atoms with Crippen molar-refractivity contribution in [2.45, 2.75) is 13.8 Å². The van der Waals surface area contributed by atoms with Crippen molar-refractivity contribution in [3.63, 3.8) is 0 Å². The highest BCUT2D eigenvalue weighted by atomic mass is 35.5. The molecule has 0 fully saturated rings. The van der Waals surface area contributed by atoms with E-state index in [0.29, 0.717) is 0 Å². The lowest BCUT2D eigenvalue weighted by Crippen LogP contribution is -1.86. The van der Waals surface area contributed by atoms with Crippen molar-refractivity contribution in [2.24, 2.45) is 0 Å². The molecule has 3 rings (SSSR count). The van der Waals surface area contributed by atoms with Crippen LogP contribution in [0.3, 0.4) is 0 Å². The van der Waals surface area contributed by atoms with Gasteiger partial charge in [-0.3, -0.25) is 10.1 Å². The van der Waals surface area contributed by atoms with Gasteiger partial charge in [0.15, 0.2) is 0 Å². The number of nitrogens with zero attached hydrogens (tertiary/aromatic N) is 2. The summed E-state index contributed by atoms with van der Waals surface area (Å²) in [4.78, 5) is 4.05. The average molecular weight is 284 g/mol. The number of hydrogen-bond acceptors (Lipinski definition) is 2. The van der Waals surface area contributed by atoms with E-state index < -0.39 is 0 Å². The molecule has 20 heavy (non-hydrogen) atoms. The van der Waals surface area contributed by atoms with Crippen molar-refractivity contribution < 1.29 is 0 Å². The molecule has 1 N–H and O–H groups in total. The molecule has 1 aromatic carbocycles. The van der Waals surface area contributed by atoms with E-state index in [0.717, 1.165) is 38.7 Å². The SMILES string of the molecule is Cc1cc(-c2c(-c3ccncc3)n[nH]c2C)ccc1Cl. The third-order valence-electron chi connectivity index (χ3n) is 3.35. The molecule has 2 aromatic heterocycles. The van der Waals surface area contributed by atoms with Crippen LogP contribution in [0.5, 0.6) is 0 Å². The van der Waals surface area contributed by atoms with E-state index in [1.54, 1.807) is 12.4 Å². The number of hydrogen-bond donors (Lipinski definition) is 1. The number of pyridine rings is 1. The maximum atomic E-state index is 6.11. The van der Waals surface area contributed by atoms with Crippen molar-refractivity contribution in [1.82, 2.24) is 15.2 Å². The first-order chi connectivity index (χ1) is 9.66. The first-order valence-electron chi connectivity index (χ1n) is 6.38. The molecular weight excluding hydrogens is 270 g/mol. The molecule has 100 valence electrons. The van der Waals surface area contributed by atoms with Crippen LogP contribution >= 0.6 is 11.6 Å². The van der Waals surface area contributed by atoms with Gasteiger partial charge in [0.2, 0.25) is 0 Å². The summed E-state index contributed by atoms with van der Waals surface area (Å²) in [6.45, 7) is 4.03. The molecule has 0 unspecified atom stereocenters. The van der Waals surface area contributed by atoms with Crippen LogP contribution in [0.4, 0.5) is 0 Å². The van der Waals surface area contributed by atoms with Crippen LogP contribution in [0.25, 0.3) is 22.4 Å². The second kappa shape index (κ2) is 5.10. The van der Waals surface area contributed by atoms with Gasteiger partial charge < -0.3 is 0 Å². The van der Waals surface area contributed by atoms with Crippen molar-refractivity contribution >= 4 is 11.6 Å². The van der Waals surface area contributed by atoms with E-state index in [4.69, 9.17) is 11.6 Å². The Morgan fingerprint density at radius 3 is 2.45 bits per heavy atom. The van der Waals surface area contributed by atoms with Crippen LogP contribution in [0.15, 0.2) is 42.7 Å². The summed E-state index contributed by atoms with van der Waals surface area (Å²) >= 11 is 6.11. The number of halogens is 1. The summed E-state index contributed by atoms with van der Waals surface area (Å²) < 4.78 is 0. The fourth-order valence-corrected chi connectivity index (χ4v) is 2.42. The topological polar surface area (TPSA) is 41.6 Å². The Hall–Kier alpha value is -2.13. The molecule has 0 bridgehead atoms. The minimum Gasteiger partial charge on any atom is -0.282 e. The summed E-state index contributed by atoms with van der Waals surface area (Å²) in [6.07, 6.45) is 3.55. The number of aryl methyl sites for hydroxylation is 2. The van der Waals surface area contributed by atoms with E-state index in [2.05, 4.69) is 21.2 Å². The van der Waals surface area contributed by atoms with Gasteiger partial charge in [0, 0.05) is 34.2 Å². The summed E-state index contributed by atoms with van der Waals surface area (Å²) in [5, 5.41) is 8.27. The molecule has 0 atom stereocenters. The van der Waals surface area contributed by atoms with Gasteiger partial charge in [-0.1, -0.05) is 17.7 Å². The highest BCUT2D eigenvalue weighted by Gasteiger charge is 2.14. The fourth-order valence-electron chi connectivity index (χ4n) is 2.30. The number of rotatable bonds is 2. The number of H-pyrrole nitrogens is 1. The lowest BCUT2D eigenvalue weighted by molar-refractivity contribution is 1.05. The third-order valence-corrected chi connectivity index (χ3v) is 3.77. The average Bonchev–Trinajstić information content (AvgIpc) is 2.85. The molecule has 0 spiro atoms. The molecule has 0 amide bonds. The Morgan fingerprint density at radius 1 is 1.00 bits per heavy atom. The molecule has 4 heteroatoms. The Balaban J connectivity index is 2.19. The van der Waals surface area contributed by atoms with Crippen molar-refractivity contribution in [2.75, 3.05) is 0 Å². The van der Waals surface area contributed by atoms with Gasteiger partial charge in [-0.25, -0.2) is 0 Å². The van der Waals surface area contributed by atoms with Gasteiger partial charge in [-0.2, -0.15) is 5.10 Å². The quantitative estimate of drug-likeness (QED) is 0.757. The molecule has 2 heterocycles. The predicted octanol–water partition coefficient (Wildman–Crippen LogP) is 4.41. The second-order valence-electron chi connectivity index (χ2n) is 4.77. The van der Waals surface area contributed by atoms with Crippen LogP contribution < -0.4 is 0 Å². The fraction of sp³-hybridized carbons (Fsp3) is 0.125. The monoisotopic (exact) mass is 283 g/mol. The van der Waals surface area contributed by atoms with E-state index in [1.807, 2.05) is 38.1 Å². The van der Waals surface area contributed by atoms with Gasteiger partial charge in [0.1, 0.15) is 5.69 Å². The minimum absolute atomic E-state index is 0.778. The zero-order chi connectivity index (χ0) is 14.1. The molecule has 0 aliphatic rings. The number of aromatic nitrogens is 3. The molecule has 0 radical (unpaired) electrons. The third kappa shape index (κ3) is 2.21. The van der Waals surface area contributed by atoms with E-state index in [1.165, 1.54) is 0 Å². The van der Waals surface area contributed by atoms with Crippen LogP contribution in [-0.2, 0) is 0 Å². The molecule has 0 aliphatic heterocycles. The van der Waals surface area contributed by atoms with Gasteiger partial charge in [-0.15, -0.1) is 0 Å². The van der Waals surface area contributed by atoms with Gasteiger partial charge in [0.05, 0.1) is 0 Å². The van der Waals surface area contributed by atoms with E-state index >= 15 is 0 Å². The minimum atomic E-state index is 0.778. The molecular formula is C16H14ClN3. The van der Waals surface area contributed by atoms with Gasteiger partial charge in [-0.05, 0) is 49.2 Å². The summed E-state index contributed by atoms with van der Waals surface area (Å²) in [6, 6.07) is 9.96. The normalized spacial score (nSPS) is 10.8. The first kappa shape index (κ1) is 12.9. The van der Waals surface area contributed by atoms with Crippen molar-refractivity contribution in [1.29, 1.82) is 0 Å². The first-order valence-corrected chi connectivity index (χ1v) is 6.76. The van der Waals surface area contributed by atoms with Gasteiger partial charge in [0.25, 0.3) is 0 Å². The van der Waals surface area contributed by atoms with E-state index in [9.17, 15) is 0 Å². The molecule has 3 nitrogen and oxygen atoms in total. The second-order valence-corrected chi connectivity index (χ2v) is 5.18. The smallest absolute Gasteiger partial charge is 0.100 e. The zero-order valence-electron chi connectivity index (χ0n) is 11.3. The maximum absolute atomic E-state index is 6.11. The lowest BCUT2D eigenvalue weighted by Gasteiger charge is -2.06. The Bertz CT molecular complexity index is 748. The Labute approximate surface area is 122 Å². The summed E-state index contributed by atoms with van der Waals surface area (Å²) in [7, 11) is 0. The zero-order valence-corrected chi connectivity index (χ0v) is 12.1. The number of benzene rings is 1. The predicted molar refractivity (Wildman–Crippen MR) is 81.7 cm³/mol. The van der Waals surface area contributed by atoms with Crippen LogP contribution in [0, 0.1) is 13.8 Å². The standard InChI is InChI=1S/C16H14ClN3/c1-10-9-13(3-4-14(10)17)15-11(2)19-20-16(15)12-5-7-18-8-6-12/h3-9H,1-2H3,(H,19,20). The van der Waals surface area contributed by atoms with E-state index in [-0.39, 0.29) is 0 Å². The summed E-state index contributed by atoms with van der Waals surface area (Å²) in [5.74, 6) is 0. The van der Waals surface area contributed by atoms with Crippen molar-refractivity contribution in [3.05, 3.63) is 59.0 Å². The van der Waals surface area contributed by atoms with Crippen LogP contribution in [-0.4, -0.2) is 15.2 Å². The maximum Gasteiger partial charge on any atom is 0.100 e. The number of nitrogens with one attached hydrogen (secondary N) is 1. The highest BCUT2D eigenvalue weighted by Crippen LogP contribution is 2.34. The van der Waals surface area contributed by atoms with Crippen LogP contribution in [0.1, 0.15) is 11.3 Å². The highest BCUT2D eigenvalue weighted by molar-refractivity contribution is 6.31. The molecule has 0 saturated carbocycles. The molecule has 0 aliphatic carbocycles. The van der Waals surface area contributed by atoms with Gasteiger partial charge >= 0.3 is 0 Å². The Kier molecular flexibility index (Phi) is 3.28. The summed E-state index contributed by atoms with van der Waals surface area (Å²) in [5.41, 5.74) is 6.31.